The Labute approximate surface area is 113 Å². The van der Waals surface area contributed by atoms with Crippen LogP contribution in [0.2, 0.25) is 0 Å². The SMILES string of the molecule is CCCNC(=O)CC(=O)Nc1ccc(OCC)cc1. The van der Waals surface area contributed by atoms with Crippen molar-refractivity contribution in [3.63, 3.8) is 0 Å². The Morgan fingerprint density at radius 3 is 2.37 bits per heavy atom. The van der Waals surface area contributed by atoms with Gasteiger partial charge in [-0.2, -0.15) is 0 Å². The fourth-order valence-corrected chi connectivity index (χ4v) is 1.48. The highest BCUT2D eigenvalue weighted by Crippen LogP contribution is 2.15. The van der Waals surface area contributed by atoms with Crippen LogP contribution in [0.3, 0.4) is 0 Å². The Balaban J connectivity index is 2.41. The summed E-state index contributed by atoms with van der Waals surface area (Å²) in [5, 5.41) is 5.32. The summed E-state index contributed by atoms with van der Waals surface area (Å²) in [4.78, 5) is 22.9. The van der Waals surface area contributed by atoms with Gasteiger partial charge in [-0.25, -0.2) is 0 Å². The van der Waals surface area contributed by atoms with Gasteiger partial charge in [0, 0.05) is 12.2 Å². The van der Waals surface area contributed by atoms with Crippen molar-refractivity contribution in [1.82, 2.24) is 5.32 Å². The first-order valence-electron chi connectivity index (χ1n) is 6.45. The standard InChI is InChI=1S/C14H20N2O3/c1-3-9-15-13(17)10-14(18)16-11-5-7-12(8-6-11)19-4-2/h5-8H,3-4,9-10H2,1-2H3,(H,15,17)(H,16,18). The second-order valence-corrected chi connectivity index (χ2v) is 4.03. The smallest absolute Gasteiger partial charge is 0.233 e. The third-order valence-electron chi connectivity index (χ3n) is 2.34. The number of anilines is 1. The Bertz CT molecular complexity index is 415. The first kappa shape index (κ1) is 15.0. The lowest BCUT2D eigenvalue weighted by atomic mass is 10.3. The quantitative estimate of drug-likeness (QED) is 0.740. The molecule has 5 heteroatoms. The van der Waals surface area contributed by atoms with E-state index in [-0.39, 0.29) is 18.2 Å². The second-order valence-electron chi connectivity index (χ2n) is 4.03. The van der Waals surface area contributed by atoms with Crippen molar-refractivity contribution in [3.05, 3.63) is 24.3 Å². The van der Waals surface area contributed by atoms with Gasteiger partial charge < -0.3 is 15.4 Å². The van der Waals surface area contributed by atoms with E-state index in [2.05, 4.69) is 10.6 Å². The predicted octanol–water partition coefficient (Wildman–Crippen LogP) is 1.94. The summed E-state index contributed by atoms with van der Waals surface area (Å²) >= 11 is 0. The highest BCUT2D eigenvalue weighted by molar-refractivity contribution is 6.03. The Morgan fingerprint density at radius 2 is 1.79 bits per heavy atom. The minimum atomic E-state index is -0.322. The molecule has 1 aromatic carbocycles. The molecule has 0 aliphatic carbocycles. The van der Waals surface area contributed by atoms with Crippen molar-refractivity contribution in [2.24, 2.45) is 0 Å². The maximum atomic E-state index is 11.6. The molecule has 0 atom stereocenters. The van der Waals surface area contributed by atoms with Crippen molar-refractivity contribution in [1.29, 1.82) is 0 Å². The monoisotopic (exact) mass is 264 g/mol. The number of rotatable bonds is 7. The second kappa shape index (κ2) is 8.13. The molecule has 5 nitrogen and oxygen atoms in total. The van der Waals surface area contributed by atoms with Crippen LogP contribution < -0.4 is 15.4 Å². The van der Waals surface area contributed by atoms with Crippen LogP contribution in [0, 0.1) is 0 Å². The average Bonchev–Trinajstić information content (AvgIpc) is 2.39. The third kappa shape index (κ3) is 5.90. The molecule has 2 amide bonds. The van der Waals surface area contributed by atoms with Gasteiger partial charge in [0.2, 0.25) is 11.8 Å². The van der Waals surface area contributed by atoms with Crippen LogP contribution in [0.4, 0.5) is 5.69 Å². The number of carbonyl (C=O) groups excluding carboxylic acids is 2. The molecule has 19 heavy (non-hydrogen) atoms. The van der Waals surface area contributed by atoms with Crippen molar-refractivity contribution in [2.45, 2.75) is 26.7 Å². The van der Waals surface area contributed by atoms with Gasteiger partial charge in [-0.15, -0.1) is 0 Å². The van der Waals surface area contributed by atoms with Crippen molar-refractivity contribution < 1.29 is 14.3 Å². The van der Waals surface area contributed by atoms with Gasteiger partial charge in [-0.1, -0.05) is 6.92 Å². The molecular formula is C14H20N2O3. The molecule has 1 rings (SSSR count). The lowest BCUT2D eigenvalue weighted by molar-refractivity contribution is -0.126. The Hall–Kier alpha value is -2.04. The summed E-state index contributed by atoms with van der Waals surface area (Å²) < 4.78 is 5.30. The van der Waals surface area contributed by atoms with Crippen molar-refractivity contribution in [2.75, 3.05) is 18.5 Å². The molecule has 0 bridgehead atoms. The van der Waals surface area contributed by atoms with Gasteiger partial charge >= 0.3 is 0 Å². The number of carbonyl (C=O) groups is 2. The maximum absolute atomic E-state index is 11.6. The fraction of sp³-hybridized carbons (Fsp3) is 0.429. The summed E-state index contributed by atoms with van der Waals surface area (Å²) in [5.41, 5.74) is 0.650. The molecule has 0 radical (unpaired) electrons. The van der Waals surface area contributed by atoms with Gasteiger partial charge in [0.15, 0.2) is 0 Å². The summed E-state index contributed by atoms with van der Waals surface area (Å²) in [6, 6.07) is 7.03. The van der Waals surface area contributed by atoms with Crippen LogP contribution in [-0.2, 0) is 9.59 Å². The van der Waals surface area contributed by atoms with E-state index in [4.69, 9.17) is 4.74 Å². The summed E-state index contributed by atoms with van der Waals surface area (Å²) in [5.74, 6) is 0.171. The molecule has 2 N–H and O–H groups in total. The maximum Gasteiger partial charge on any atom is 0.233 e. The zero-order valence-corrected chi connectivity index (χ0v) is 11.4. The van der Waals surface area contributed by atoms with E-state index in [0.29, 0.717) is 18.8 Å². The van der Waals surface area contributed by atoms with Crippen LogP contribution in [-0.4, -0.2) is 25.0 Å². The van der Waals surface area contributed by atoms with Crippen molar-refractivity contribution in [3.8, 4) is 5.75 Å². The highest BCUT2D eigenvalue weighted by atomic mass is 16.5. The number of benzene rings is 1. The first-order chi connectivity index (χ1) is 9.15. The molecule has 0 saturated heterocycles. The molecule has 0 unspecified atom stereocenters. The van der Waals surface area contributed by atoms with Crippen LogP contribution >= 0.6 is 0 Å². The normalized spacial score (nSPS) is 9.79. The molecule has 0 heterocycles. The molecule has 0 aromatic heterocycles. The van der Waals surface area contributed by atoms with E-state index in [9.17, 15) is 9.59 Å². The van der Waals surface area contributed by atoms with Crippen LogP contribution in [0.25, 0.3) is 0 Å². The molecule has 104 valence electrons. The number of amides is 2. The average molecular weight is 264 g/mol. The van der Waals surface area contributed by atoms with Gasteiger partial charge in [0.1, 0.15) is 12.2 Å². The molecular weight excluding hydrogens is 244 g/mol. The van der Waals surface area contributed by atoms with E-state index in [1.807, 2.05) is 13.8 Å². The Morgan fingerprint density at radius 1 is 1.11 bits per heavy atom. The Kier molecular flexibility index (Phi) is 6.43. The first-order valence-corrected chi connectivity index (χ1v) is 6.45. The van der Waals surface area contributed by atoms with Crippen LogP contribution in [0.15, 0.2) is 24.3 Å². The molecule has 1 aromatic rings. The van der Waals surface area contributed by atoms with Gasteiger partial charge in [0.25, 0.3) is 0 Å². The number of hydrogen-bond acceptors (Lipinski definition) is 3. The molecule has 0 spiro atoms. The van der Waals surface area contributed by atoms with Crippen LogP contribution in [0.1, 0.15) is 26.7 Å². The van der Waals surface area contributed by atoms with E-state index < -0.39 is 0 Å². The lowest BCUT2D eigenvalue weighted by Crippen LogP contribution is -2.28. The van der Waals surface area contributed by atoms with Crippen molar-refractivity contribution >= 4 is 17.5 Å². The molecule has 0 aliphatic heterocycles. The molecule has 0 fully saturated rings. The summed E-state index contributed by atoms with van der Waals surface area (Å²) in [6.45, 7) is 5.06. The molecule has 0 saturated carbocycles. The molecule has 0 aliphatic rings. The minimum Gasteiger partial charge on any atom is -0.494 e. The van der Waals surface area contributed by atoms with E-state index in [0.717, 1.165) is 12.2 Å². The van der Waals surface area contributed by atoms with Gasteiger partial charge in [-0.3, -0.25) is 9.59 Å². The van der Waals surface area contributed by atoms with E-state index >= 15 is 0 Å². The third-order valence-corrected chi connectivity index (χ3v) is 2.34. The zero-order chi connectivity index (χ0) is 14.1. The van der Waals surface area contributed by atoms with Gasteiger partial charge in [0.05, 0.1) is 6.61 Å². The van der Waals surface area contributed by atoms with Crippen LogP contribution in [0.5, 0.6) is 5.75 Å². The summed E-state index contributed by atoms with van der Waals surface area (Å²) in [6.07, 6.45) is 0.694. The zero-order valence-electron chi connectivity index (χ0n) is 11.4. The van der Waals surface area contributed by atoms with E-state index in [1.165, 1.54) is 0 Å². The lowest BCUT2D eigenvalue weighted by Gasteiger charge is -2.07. The predicted molar refractivity (Wildman–Crippen MR) is 74.2 cm³/mol. The largest absolute Gasteiger partial charge is 0.494 e. The minimum absolute atomic E-state index is 0.160. The highest BCUT2D eigenvalue weighted by Gasteiger charge is 2.08. The van der Waals surface area contributed by atoms with E-state index in [1.54, 1.807) is 24.3 Å². The summed E-state index contributed by atoms with van der Waals surface area (Å²) in [7, 11) is 0. The number of ether oxygens (including phenoxy) is 1. The number of nitrogens with one attached hydrogen (secondary N) is 2. The number of hydrogen-bond donors (Lipinski definition) is 2. The topological polar surface area (TPSA) is 67.4 Å². The van der Waals surface area contributed by atoms with Gasteiger partial charge in [-0.05, 0) is 37.6 Å². The fourth-order valence-electron chi connectivity index (χ4n) is 1.48.